The van der Waals surface area contributed by atoms with Crippen LogP contribution in [-0.2, 0) is 9.59 Å². The lowest BCUT2D eigenvalue weighted by atomic mass is 9.84. The van der Waals surface area contributed by atoms with E-state index in [0.29, 0.717) is 0 Å². The van der Waals surface area contributed by atoms with Crippen molar-refractivity contribution in [2.75, 3.05) is 6.54 Å². The number of carbonyl (C=O) groups is 2. The van der Waals surface area contributed by atoms with E-state index >= 15 is 0 Å². The van der Waals surface area contributed by atoms with Crippen molar-refractivity contribution >= 4 is 11.9 Å². The minimum atomic E-state index is -4.58. The lowest BCUT2D eigenvalue weighted by Gasteiger charge is -2.23. The van der Waals surface area contributed by atoms with Gasteiger partial charge < -0.3 is 10.4 Å². The first kappa shape index (κ1) is 16.7. The maximum atomic E-state index is 11.9. The van der Waals surface area contributed by atoms with Gasteiger partial charge >= 0.3 is 12.1 Å². The van der Waals surface area contributed by atoms with Crippen LogP contribution in [0.3, 0.4) is 0 Å². The summed E-state index contributed by atoms with van der Waals surface area (Å²) in [7, 11) is 0. The summed E-state index contributed by atoms with van der Waals surface area (Å²) in [5.41, 5.74) is -0.280. The molecule has 0 aromatic carbocycles. The number of alkyl halides is 3. The van der Waals surface area contributed by atoms with E-state index in [4.69, 9.17) is 5.11 Å². The Morgan fingerprint density at radius 2 is 1.72 bits per heavy atom. The number of nitrogens with one attached hydrogen (secondary N) is 1. The number of amides is 1. The first-order valence-electron chi connectivity index (χ1n) is 5.47. The maximum absolute atomic E-state index is 11.9. The molecule has 0 fully saturated rings. The highest BCUT2D eigenvalue weighted by molar-refractivity contribution is 5.77. The molecule has 0 aliphatic heterocycles. The molecule has 0 spiro atoms. The van der Waals surface area contributed by atoms with E-state index in [1.54, 1.807) is 0 Å². The second-order valence-electron chi connectivity index (χ2n) is 5.40. The average Bonchev–Trinajstić information content (AvgIpc) is 2.06. The summed E-state index contributed by atoms with van der Waals surface area (Å²) in [5, 5.41) is 10.9. The summed E-state index contributed by atoms with van der Waals surface area (Å²) in [6.07, 6.45) is -5.89. The second kappa shape index (κ2) is 6.06. The van der Waals surface area contributed by atoms with Gasteiger partial charge in [0.25, 0.3) is 0 Å². The van der Waals surface area contributed by atoms with Crippen LogP contribution >= 0.6 is 0 Å². The van der Waals surface area contributed by atoms with Crippen LogP contribution in [0.5, 0.6) is 0 Å². The van der Waals surface area contributed by atoms with Crippen molar-refractivity contribution < 1.29 is 27.9 Å². The van der Waals surface area contributed by atoms with Gasteiger partial charge in [-0.05, 0) is 11.8 Å². The predicted molar refractivity (Wildman–Crippen MR) is 58.9 cm³/mol. The fraction of sp³-hybridized carbons (Fsp3) is 0.818. The fourth-order valence-electron chi connectivity index (χ4n) is 1.47. The van der Waals surface area contributed by atoms with E-state index in [1.807, 2.05) is 26.1 Å². The number of hydrogen-bond donors (Lipinski definition) is 2. The molecule has 2 N–H and O–H groups in total. The molecule has 1 amide bonds. The van der Waals surface area contributed by atoms with Gasteiger partial charge in [0.1, 0.15) is 6.42 Å². The Kier molecular flexibility index (Phi) is 5.63. The Bertz CT molecular complexity index is 308. The summed E-state index contributed by atoms with van der Waals surface area (Å²) in [6, 6.07) is 0. The molecular formula is C11H18F3NO3. The Morgan fingerprint density at radius 1 is 1.22 bits per heavy atom. The zero-order valence-corrected chi connectivity index (χ0v) is 10.6. The molecule has 1 unspecified atom stereocenters. The molecule has 0 saturated carbocycles. The molecule has 7 heteroatoms. The van der Waals surface area contributed by atoms with E-state index in [-0.39, 0.29) is 18.4 Å². The molecule has 0 aliphatic rings. The van der Waals surface area contributed by atoms with Crippen molar-refractivity contribution in [2.24, 2.45) is 11.3 Å². The topological polar surface area (TPSA) is 66.4 Å². The molecular weight excluding hydrogens is 251 g/mol. The van der Waals surface area contributed by atoms with Crippen molar-refractivity contribution in [2.45, 2.75) is 39.8 Å². The van der Waals surface area contributed by atoms with Crippen molar-refractivity contribution in [3.05, 3.63) is 0 Å². The van der Waals surface area contributed by atoms with Crippen molar-refractivity contribution in [3.63, 3.8) is 0 Å². The first-order chi connectivity index (χ1) is 7.91. The van der Waals surface area contributed by atoms with E-state index in [1.165, 1.54) is 0 Å². The van der Waals surface area contributed by atoms with Gasteiger partial charge in [0.15, 0.2) is 0 Å². The lowest BCUT2D eigenvalue weighted by molar-refractivity contribution is -0.154. The maximum Gasteiger partial charge on any atom is 0.397 e. The normalized spacial score (nSPS) is 14.1. The highest BCUT2D eigenvalue weighted by Crippen LogP contribution is 2.24. The number of halogens is 3. The minimum Gasteiger partial charge on any atom is -0.481 e. The van der Waals surface area contributed by atoms with Crippen LogP contribution in [0.15, 0.2) is 0 Å². The lowest BCUT2D eigenvalue weighted by Crippen LogP contribution is -2.36. The van der Waals surface area contributed by atoms with Crippen LogP contribution in [0.2, 0.25) is 0 Å². The Labute approximate surface area is 104 Å². The third kappa shape index (κ3) is 8.83. The summed E-state index contributed by atoms with van der Waals surface area (Å²) in [4.78, 5) is 21.8. The van der Waals surface area contributed by atoms with Crippen LogP contribution in [-0.4, -0.2) is 29.7 Å². The third-order valence-electron chi connectivity index (χ3n) is 2.11. The number of aliphatic carboxylic acids is 1. The first-order valence-corrected chi connectivity index (χ1v) is 5.47. The van der Waals surface area contributed by atoms with Crippen LogP contribution < -0.4 is 5.32 Å². The van der Waals surface area contributed by atoms with Gasteiger partial charge in [-0.3, -0.25) is 9.59 Å². The number of rotatable bonds is 5. The van der Waals surface area contributed by atoms with Gasteiger partial charge in [-0.25, -0.2) is 0 Å². The van der Waals surface area contributed by atoms with Gasteiger partial charge in [-0.2, -0.15) is 13.2 Å². The van der Waals surface area contributed by atoms with E-state index in [9.17, 15) is 22.8 Å². The summed E-state index contributed by atoms with van der Waals surface area (Å²) in [6.45, 7) is 5.17. The number of hydrogen-bond acceptors (Lipinski definition) is 2. The molecule has 106 valence electrons. The van der Waals surface area contributed by atoms with Crippen LogP contribution in [0, 0.1) is 11.3 Å². The molecule has 0 aromatic heterocycles. The number of carbonyl (C=O) groups excluding carboxylic acids is 1. The second-order valence-corrected chi connectivity index (χ2v) is 5.40. The van der Waals surface area contributed by atoms with Gasteiger partial charge in [0.05, 0.1) is 5.92 Å². The predicted octanol–water partition coefficient (Wildman–Crippen LogP) is 2.19. The van der Waals surface area contributed by atoms with E-state index in [0.717, 1.165) is 0 Å². The van der Waals surface area contributed by atoms with Gasteiger partial charge in [-0.1, -0.05) is 20.8 Å². The Balaban J connectivity index is 4.29. The molecule has 0 saturated heterocycles. The zero-order chi connectivity index (χ0) is 14.6. The minimum absolute atomic E-state index is 0.272. The molecule has 4 nitrogen and oxygen atoms in total. The van der Waals surface area contributed by atoms with E-state index < -0.39 is 30.4 Å². The molecule has 0 aromatic rings. The number of carboxylic acid groups (broad SMARTS) is 1. The largest absolute Gasteiger partial charge is 0.481 e. The smallest absolute Gasteiger partial charge is 0.397 e. The summed E-state index contributed by atoms with van der Waals surface area (Å²) < 4.78 is 35.6. The molecule has 1 atom stereocenters. The average molecular weight is 269 g/mol. The Morgan fingerprint density at radius 3 is 2.06 bits per heavy atom. The fourth-order valence-corrected chi connectivity index (χ4v) is 1.47. The molecule has 0 rings (SSSR count). The van der Waals surface area contributed by atoms with Crippen molar-refractivity contribution in [1.29, 1.82) is 0 Å². The third-order valence-corrected chi connectivity index (χ3v) is 2.11. The molecule has 0 bridgehead atoms. The van der Waals surface area contributed by atoms with Gasteiger partial charge in [0.2, 0.25) is 5.91 Å². The van der Waals surface area contributed by atoms with Crippen molar-refractivity contribution in [3.8, 4) is 0 Å². The molecule has 0 radical (unpaired) electrons. The van der Waals surface area contributed by atoms with Crippen LogP contribution in [0.1, 0.15) is 33.6 Å². The standard InChI is InChI=1S/C11H18F3NO3/c1-10(2,3)4-7(9(17)18)6-15-8(16)5-11(12,13)14/h7H,4-6H2,1-3H3,(H,15,16)(H,17,18). The Hall–Kier alpha value is -1.27. The highest BCUT2D eigenvalue weighted by atomic mass is 19.4. The van der Waals surface area contributed by atoms with E-state index in [2.05, 4.69) is 0 Å². The SMILES string of the molecule is CC(C)(C)CC(CNC(=O)CC(F)(F)F)C(=O)O. The van der Waals surface area contributed by atoms with Crippen LogP contribution in [0.25, 0.3) is 0 Å². The van der Waals surface area contributed by atoms with Gasteiger partial charge in [0, 0.05) is 6.54 Å². The molecule has 0 heterocycles. The number of carboxylic acids is 1. The molecule has 0 aliphatic carbocycles. The zero-order valence-electron chi connectivity index (χ0n) is 10.6. The summed E-state index contributed by atoms with van der Waals surface area (Å²) >= 11 is 0. The van der Waals surface area contributed by atoms with Gasteiger partial charge in [-0.15, -0.1) is 0 Å². The highest BCUT2D eigenvalue weighted by Gasteiger charge is 2.32. The quantitative estimate of drug-likeness (QED) is 0.804. The van der Waals surface area contributed by atoms with Crippen molar-refractivity contribution in [1.82, 2.24) is 5.32 Å². The summed E-state index contributed by atoms with van der Waals surface area (Å²) in [5.74, 6) is -3.22. The van der Waals surface area contributed by atoms with Crippen LogP contribution in [0.4, 0.5) is 13.2 Å². The molecule has 18 heavy (non-hydrogen) atoms. The monoisotopic (exact) mass is 269 g/mol.